The van der Waals surface area contributed by atoms with Crippen molar-refractivity contribution in [3.63, 3.8) is 0 Å². The van der Waals surface area contributed by atoms with Crippen molar-refractivity contribution in [2.24, 2.45) is 5.92 Å². The van der Waals surface area contributed by atoms with Gasteiger partial charge in [-0.15, -0.1) is 0 Å². The lowest BCUT2D eigenvalue weighted by Gasteiger charge is -2.14. The minimum atomic E-state index is -0.628. The van der Waals surface area contributed by atoms with Crippen LogP contribution in [0.3, 0.4) is 0 Å². The van der Waals surface area contributed by atoms with Crippen molar-refractivity contribution >= 4 is 23.5 Å². The molecule has 3 rings (SSSR count). The van der Waals surface area contributed by atoms with E-state index in [0.717, 1.165) is 0 Å². The summed E-state index contributed by atoms with van der Waals surface area (Å²) < 4.78 is 23.7. The lowest BCUT2D eigenvalue weighted by molar-refractivity contribution is -0.151. The molecule has 0 unspecified atom stereocenters. The molecule has 1 fully saturated rings. The first-order valence-corrected chi connectivity index (χ1v) is 8.45. The number of nitrogens with one attached hydrogen (secondary N) is 1. The second kappa shape index (κ2) is 8.03. The summed E-state index contributed by atoms with van der Waals surface area (Å²) in [7, 11) is 0. The van der Waals surface area contributed by atoms with Crippen LogP contribution in [0.2, 0.25) is 0 Å². The van der Waals surface area contributed by atoms with Gasteiger partial charge in [-0.1, -0.05) is 6.07 Å². The van der Waals surface area contributed by atoms with Crippen molar-refractivity contribution in [2.75, 3.05) is 18.5 Å². The average molecular weight is 374 g/mol. The molecule has 0 spiro atoms. The van der Waals surface area contributed by atoms with Gasteiger partial charge >= 0.3 is 5.97 Å². The fraction of sp³-hybridized carbons (Fsp3) is 0.316. The molecule has 8 heteroatoms. The zero-order chi connectivity index (χ0) is 19.4. The van der Waals surface area contributed by atoms with E-state index in [9.17, 15) is 18.8 Å². The third-order valence-electron chi connectivity index (χ3n) is 4.28. The van der Waals surface area contributed by atoms with Crippen molar-refractivity contribution in [1.82, 2.24) is 4.90 Å². The van der Waals surface area contributed by atoms with E-state index in [1.54, 1.807) is 25.1 Å². The third-order valence-corrected chi connectivity index (χ3v) is 4.28. The van der Waals surface area contributed by atoms with E-state index in [1.807, 2.05) is 0 Å². The number of rotatable bonds is 6. The van der Waals surface area contributed by atoms with Gasteiger partial charge in [0.1, 0.15) is 11.6 Å². The van der Waals surface area contributed by atoms with Crippen LogP contribution in [0.25, 0.3) is 0 Å². The number of likely N-dealkylation sites (tertiary alicyclic amines) is 1. The molecule has 1 aliphatic rings. The van der Waals surface area contributed by atoms with Crippen LogP contribution >= 0.6 is 0 Å². The number of esters is 1. The van der Waals surface area contributed by atoms with Crippen LogP contribution in [-0.4, -0.2) is 35.8 Å². The monoisotopic (exact) mass is 374 g/mol. The number of hydrogen-bond acceptors (Lipinski definition) is 5. The summed E-state index contributed by atoms with van der Waals surface area (Å²) in [4.78, 5) is 37.5. The van der Waals surface area contributed by atoms with Crippen LogP contribution in [0.5, 0.6) is 0 Å². The Morgan fingerprint density at radius 1 is 1.37 bits per heavy atom. The zero-order valence-electron chi connectivity index (χ0n) is 14.7. The Morgan fingerprint density at radius 3 is 2.89 bits per heavy atom. The molecule has 1 aromatic heterocycles. The molecule has 0 bridgehead atoms. The first-order valence-electron chi connectivity index (χ1n) is 8.45. The number of halogens is 1. The van der Waals surface area contributed by atoms with Crippen LogP contribution in [0.4, 0.5) is 10.1 Å². The van der Waals surface area contributed by atoms with Gasteiger partial charge in [-0.05, 0) is 36.8 Å². The quantitative estimate of drug-likeness (QED) is 0.784. The maximum absolute atomic E-state index is 13.5. The highest BCUT2D eigenvalue weighted by Gasteiger charge is 2.35. The number of nitrogens with zero attached hydrogens (tertiary/aromatic N) is 1. The number of hydrogen-bond donors (Lipinski definition) is 1. The van der Waals surface area contributed by atoms with Gasteiger partial charge in [0, 0.05) is 18.7 Å². The summed E-state index contributed by atoms with van der Waals surface area (Å²) >= 11 is 0. The van der Waals surface area contributed by atoms with E-state index in [2.05, 4.69) is 5.32 Å². The number of anilines is 1. The Labute approximate surface area is 155 Å². The Bertz CT molecular complexity index is 850. The SMILES string of the molecule is Cc1ccc(NC(=O)COC(=O)[C@H]2CC(=O)N(Cc3ccco3)C2)cc1F. The van der Waals surface area contributed by atoms with Crippen molar-refractivity contribution in [3.8, 4) is 0 Å². The van der Waals surface area contributed by atoms with E-state index < -0.39 is 30.2 Å². The summed E-state index contributed by atoms with van der Waals surface area (Å²) in [6.45, 7) is 1.61. The van der Waals surface area contributed by atoms with Gasteiger partial charge in [-0.3, -0.25) is 14.4 Å². The highest BCUT2D eigenvalue weighted by Crippen LogP contribution is 2.21. The predicted octanol–water partition coefficient (Wildman–Crippen LogP) is 2.26. The molecular formula is C19H19FN2O5. The van der Waals surface area contributed by atoms with Gasteiger partial charge in [-0.25, -0.2) is 4.39 Å². The minimum absolute atomic E-state index is 0.0321. The van der Waals surface area contributed by atoms with Crippen LogP contribution in [0.15, 0.2) is 41.0 Å². The second-order valence-corrected chi connectivity index (χ2v) is 6.37. The van der Waals surface area contributed by atoms with Crippen LogP contribution in [-0.2, 0) is 25.7 Å². The average Bonchev–Trinajstić information content (AvgIpc) is 3.27. The highest BCUT2D eigenvalue weighted by atomic mass is 19.1. The molecule has 0 aliphatic carbocycles. The molecule has 7 nitrogen and oxygen atoms in total. The number of carbonyl (C=O) groups excluding carboxylic acids is 3. The maximum Gasteiger partial charge on any atom is 0.311 e. The lowest BCUT2D eigenvalue weighted by Crippen LogP contribution is -2.28. The zero-order valence-corrected chi connectivity index (χ0v) is 14.7. The number of carbonyl (C=O) groups is 3. The predicted molar refractivity (Wildman–Crippen MR) is 93.0 cm³/mol. The summed E-state index contributed by atoms with van der Waals surface area (Å²) in [5.74, 6) is -1.81. The van der Waals surface area contributed by atoms with Crippen molar-refractivity contribution in [1.29, 1.82) is 0 Å². The van der Waals surface area contributed by atoms with Crippen molar-refractivity contribution < 1.29 is 27.9 Å². The first kappa shape index (κ1) is 18.6. The standard InChI is InChI=1S/C19H19FN2O5/c1-12-4-5-14(8-16(12)20)21-17(23)11-27-19(25)13-7-18(24)22(9-13)10-15-3-2-6-26-15/h2-6,8,13H,7,9-11H2,1H3,(H,21,23)/t13-/m0/s1. The van der Waals surface area contributed by atoms with Gasteiger partial charge in [0.15, 0.2) is 6.61 Å². The normalized spacial score (nSPS) is 16.4. The number of aryl methyl sites for hydroxylation is 1. The molecule has 1 saturated heterocycles. The van der Waals surface area contributed by atoms with Gasteiger partial charge in [0.2, 0.25) is 5.91 Å². The number of ether oxygens (including phenoxy) is 1. The van der Waals surface area contributed by atoms with E-state index in [0.29, 0.717) is 11.3 Å². The van der Waals surface area contributed by atoms with Gasteiger partial charge < -0.3 is 19.4 Å². The Kier molecular flexibility index (Phi) is 5.54. The Morgan fingerprint density at radius 2 is 2.19 bits per heavy atom. The maximum atomic E-state index is 13.5. The summed E-state index contributed by atoms with van der Waals surface area (Å²) in [6.07, 6.45) is 1.55. The van der Waals surface area contributed by atoms with Crippen molar-refractivity contribution in [3.05, 3.63) is 53.7 Å². The fourth-order valence-electron chi connectivity index (χ4n) is 2.80. The Balaban J connectivity index is 1.46. The lowest BCUT2D eigenvalue weighted by atomic mass is 10.1. The van der Waals surface area contributed by atoms with E-state index in [-0.39, 0.29) is 31.1 Å². The number of amides is 2. The number of benzene rings is 1. The third kappa shape index (κ3) is 4.72. The van der Waals surface area contributed by atoms with E-state index >= 15 is 0 Å². The summed E-state index contributed by atoms with van der Waals surface area (Å²) in [5.41, 5.74) is 0.740. The van der Waals surface area contributed by atoms with E-state index in [1.165, 1.54) is 23.3 Å². The molecule has 1 aromatic carbocycles. The molecule has 0 saturated carbocycles. The second-order valence-electron chi connectivity index (χ2n) is 6.37. The molecule has 27 heavy (non-hydrogen) atoms. The molecule has 0 radical (unpaired) electrons. The molecular weight excluding hydrogens is 355 g/mol. The molecule has 1 N–H and O–H groups in total. The van der Waals surface area contributed by atoms with Gasteiger partial charge in [0.25, 0.3) is 5.91 Å². The molecule has 2 amide bonds. The molecule has 2 aromatic rings. The molecule has 1 atom stereocenters. The topological polar surface area (TPSA) is 88.8 Å². The van der Waals surface area contributed by atoms with E-state index in [4.69, 9.17) is 9.15 Å². The first-order chi connectivity index (χ1) is 12.9. The fourth-order valence-corrected chi connectivity index (χ4v) is 2.80. The summed E-state index contributed by atoms with van der Waals surface area (Å²) in [5, 5.41) is 2.46. The van der Waals surface area contributed by atoms with Crippen molar-refractivity contribution in [2.45, 2.75) is 19.9 Å². The number of furan rings is 1. The van der Waals surface area contributed by atoms with Crippen LogP contribution < -0.4 is 5.32 Å². The molecule has 142 valence electrons. The Hall–Kier alpha value is -3.16. The highest BCUT2D eigenvalue weighted by molar-refractivity contribution is 5.93. The van der Waals surface area contributed by atoms with Gasteiger partial charge in [0.05, 0.1) is 18.7 Å². The largest absolute Gasteiger partial charge is 0.467 e. The minimum Gasteiger partial charge on any atom is -0.467 e. The molecule has 1 aliphatic heterocycles. The summed E-state index contributed by atoms with van der Waals surface area (Å²) in [6, 6.07) is 7.75. The smallest absolute Gasteiger partial charge is 0.311 e. The molecule has 2 heterocycles. The van der Waals surface area contributed by atoms with Crippen LogP contribution in [0.1, 0.15) is 17.7 Å². The van der Waals surface area contributed by atoms with Crippen LogP contribution in [0, 0.1) is 18.7 Å². The van der Waals surface area contributed by atoms with Gasteiger partial charge in [-0.2, -0.15) is 0 Å².